The molecule has 1 saturated carbocycles. The molecule has 1 aromatic carbocycles. The van der Waals surface area contributed by atoms with Crippen molar-refractivity contribution in [3.8, 4) is 0 Å². The monoisotopic (exact) mass is 234 g/mol. The first-order chi connectivity index (χ1) is 8.29. The summed E-state index contributed by atoms with van der Waals surface area (Å²) in [6.45, 7) is 0.243. The van der Waals surface area contributed by atoms with Gasteiger partial charge in [-0.25, -0.2) is 0 Å². The lowest BCUT2D eigenvalue weighted by Gasteiger charge is -2.16. The molecule has 0 bridgehead atoms. The van der Waals surface area contributed by atoms with Crippen LogP contribution in [0.3, 0.4) is 0 Å². The number of hydrogen-bond acceptors (Lipinski definition) is 3. The first-order valence-corrected chi connectivity index (χ1v) is 5.98. The van der Waals surface area contributed by atoms with Crippen LogP contribution in [-0.4, -0.2) is 30.2 Å². The third-order valence-electron chi connectivity index (χ3n) is 2.85. The number of rotatable bonds is 6. The molecule has 1 atom stereocenters. The van der Waals surface area contributed by atoms with Crippen LogP contribution in [0.2, 0.25) is 0 Å². The van der Waals surface area contributed by atoms with Crippen molar-refractivity contribution >= 4 is 5.91 Å². The van der Waals surface area contributed by atoms with Gasteiger partial charge in [-0.3, -0.25) is 4.79 Å². The average Bonchev–Trinajstić information content (AvgIpc) is 3.18. The molecule has 17 heavy (non-hydrogen) atoms. The van der Waals surface area contributed by atoms with Gasteiger partial charge < -0.3 is 15.7 Å². The molecular weight excluding hydrogens is 216 g/mol. The number of amides is 1. The van der Waals surface area contributed by atoms with Gasteiger partial charge in [0.15, 0.2) is 0 Å². The van der Waals surface area contributed by atoms with Crippen molar-refractivity contribution in [2.75, 3.05) is 13.2 Å². The average molecular weight is 234 g/mol. The zero-order chi connectivity index (χ0) is 12.1. The van der Waals surface area contributed by atoms with E-state index >= 15 is 0 Å². The molecule has 92 valence electrons. The number of aliphatic hydroxyl groups excluding tert-OH is 1. The lowest BCUT2D eigenvalue weighted by Crippen LogP contribution is -2.38. The Morgan fingerprint density at radius 3 is 2.65 bits per heavy atom. The van der Waals surface area contributed by atoms with Gasteiger partial charge in [0.2, 0.25) is 5.91 Å². The molecule has 3 N–H and O–H groups in total. The van der Waals surface area contributed by atoms with Crippen LogP contribution in [0.1, 0.15) is 24.4 Å². The van der Waals surface area contributed by atoms with Gasteiger partial charge in [-0.1, -0.05) is 30.3 Å². The molecule has 1 aliphatic rings. The molecule has 0 spiro atoms. The standard InChI is InChI=1S/C13H18N2O2/c16-9-12(10-4-2-1-3-5-10)15-13(17)8-14-11-6-7-11/h1-5,11-12,14,16H,6-9H2,(H,15,17)/t12-/m1/s1. The summed E-state index contributed by atoms with van der Waals surface area (Å²) in [7, 11) is 0. The Morgan fingerprint density at radius 2 is 2.06 bits per heavy atom. The van der Waals surface area contributed by atoms with Crippen molar-refractivity contribution in [1.82, 2.24) is 10.6 Å². The van der Waals surface area contributed by atoms with Crippen molar-refractivity contribution in [2.24, 2.45) is 0 Å². The van der Waals surface area contributed by atoms with Gasteiger partial charge in [0.05, 0.1) is 19.2 Å². The summed E-state index contributed by atoms with van der Waals surface area (Å²) in [6.07, 6.45) is 2.32. The summed E-state index contributed by atoms with van der Waals surface area (Å²) < 4.78 is 0. The second-order valence-electron chi connectivity index (χ2n) is 4.37. The molecule has 1 fully saturated rings. The van der Waals surface area contributed by atoms with E-state index < -0.39 is 0 Å². The maximum Gasteiger partial charge on any atom is 0.234 e. The van der Waals surface area contributed by atoms with Crippen molar-refractivity contribution in [3.05, 3.63) is 35.9 Å². The zero-order valence-corrected chi connectivity index (χ0v) is 9.73. The Morgan fingerprint density at radius 1 is 1.35 bits per heavy atom. The minimum atomic E-state index is -0.315. The number of carbonyl (C=O) groups excluding carboxylic acids is 1. The largest absolute Gasteiger partial charge is 0.394 e. The molecule has 4 heteroatoms. The molecular formula is C13H18N2O2. The summed E-state index contributed by atoms with van der Waals surface area (Å²) in [5.74, 6) is -0.0696. The Balaban J connectivity index is 1.83. The third kappa shape index (κ3) is 3.84. The molecule has 0 saturated heterocycles. The number of hydrogen-bond donors (Lipinski definition) is 3. The van der Waals surface area contributed by atoms with E-state index in [9.17, 15) is 9.90 Å². The van der Waals surface area contributed by atoms with E-state index in [0.29, 0.717) is 12.6 Å². The Bertz CT molecular complexity index is 363. The molecule has 1 amide bonds. The highest BCUT2D eigenvalue weighted by Gasteiger charge is 2.21. The van der Waals surface area contributed by atoms with E-state index in [1.807, 2.05) is 30.3 Å². The fraction of sp³-hybridized carbons (Fsp3) is 0.462. The zero-order valence-electron chi connectivity index (χ0n) is 9.73. The van der Waals surface area contributed by atoms with Gasteiger partial charge >= 0.3 is 0 Å². The van der Waals surface area contributed by atoms with Crippen molar-refractivity contribution in [2.45, 2.75) is 24.9 Å². The number of aliphatic hydroxyl groups is 1. The fourth-order valence-electron chi connectivity index (χ4n) is 1.69. The van der Waals surface area contributed by atoms with Gasteiger partial charge in [-0.15, -0.1) is 0 Å². The summed E-state index contributed by atoms with van der Waals surface area (Å²) in [5.41, 5.74) is 0.926. The normalized spacial score (nSPS) is 16.5. The van der Waals surface area contributed by atoms with Crippen molar-refractivity contribution < 1.29 is 9.90 Å². The van der Waals surface area contributed by atoms with Gasteiger partial charge in [-0.2, -0.15) is 0 Å². The van der Waals surface area contributed by atoms with Crippen LogP contribution < -0.4 is 10.6 Å². The molecule has 0 aliphatic heterocycles. The third-order valence-corrected chi connectivity index (χ3v) is 2.85. The van der Waals surface area contributed by atoms with E-state index in [1.165, 1.54) is 0 Å². The van der Waals surface area contributed by atoms with Crippen LogP contribution in [0.5, 0.6) is 0 Å². The second kappa shape index (κ2) is 5.80. The number of nitrogens with one attached hydrogen (secondary N) is 2. The molecule has 0 radical (unpaired) electrons. The molecule has 0 unspecified atom stereocenters. The fourth-order valence-corrected chi connectivity index (χ4v) is 1.69. The van der Waals surface area contributed by atoms with Crippen LogP contribution in [0.4, 0.5) is 0 Å². The van der Waals surface area contributed by atoms with Gasteiger partial charge in [0.1, 0.15) is 0 Å². The van der Waals surface area contributed by atoms with Crippen LogP contribution in [0.25, 0.3) is 0 Å². The Labute approximate surface area is 101 Å². The van der Waals surface area contributed by atoms with Gasteiger partial charge in [0.25, 0.3) is 0 Å². The number of benzene rings is 1. The number of carbonyl (C=O) groups is 1. The van der Waals surface area contributed by atoms with Crippen LogP contribution in [-0.2, 0) is 4.79 Å². The molecule has 1 aromatic rings. The summed E-state index contributed by atoms with van der Waals surface area (Å²) >= 11 is 0. The SMILES string of the molecule is O=C(CNC1CC1)N[C@H](CO)c1ccccc1. The quantitative estimate of drug-likeness (QED) is 0.675. The van der Waals surface area contributed by atoms with E-state index in [-0.39, 0.29) is 18.6 Å². The topological polar surface area (TPSA) is 61.4 Å². The van der Waals surface area contributed by atoms with Gasteiger partial charge in [0, 0.05) is 6.04 Å². The molecule has 2 rings (SSSR count). The highest BCUT2D eigenvalue weighted by atomic mass is 16.3. The Kier molecular flexibility index (Phi) is 4.12. The van der Waals surface area contributed by atoms with E-state index in [4.69, 9.17) is 0 Å². The maximum atomic E-state index is 11.6. The highest BCUT2D eigenvalue weighted by molar-refractivity contribution is 5.78. The summed E-state index contributed by atoms with van der Waals surface area (Å²) in [4.78, 5) is 11.6. The molecule has 4 nitrogen and oxygen atoms in total. The minimum absolute atomic E-state index is 0.0696. The lowest BCUT2D eigenvalue weighted by molar-refractivity contribution is -0.121. The molecule has 0 heterocycles. The molecule has 1 aliphatic carbocycles. The smallest absolute Gasteiger partial charge is 0.234 e. The summed E-state index contributed by atoms with van der Waals surface area (Å²) in [6, 6.07) is 9.70. The maximum absolute atomic E-state index is 11.6. The summed E-state index contributed by atoms with van der Waals surface area (Å²) in [5, 5.41) is 15.2. The lowest BCUT2D eigenvalue weighted by atomic mass is 10.1. The highest BCUT2D eigenvalue weighted by Crippen LogP contribution is 2.18. The van der Waals surface area contributed by atoms with Crippen LogP contribution in [0.15, 0.2) is 30.3 Å². The predicted molar refractivity (Wildman–Crippen MR) is 65.4 cm³/mol. The van der Waals surface area contributed by atoms with Crippen LogP contribution >= 0.6 is 0 Å². The predicted octanol–water partition coefficient (Wildman–Crippen LogP) is 0.588. The van der Waals surface area contributed by atoms with Gasteiger partial charge in [-0.05, 0) is 18.4 Å². The van der Waals surface area contributed by atoms with Crippen molar-refractivity contribution in [3.63, 3.8) is 0 Å². The van der Waals surface area contributed by atoms with Crippen LogP contribution in [0, 0.1) is 0 Å². The van der Waals surface area contributed by atoms with E-state index in [1.54, 1.807) is 0 Å². The molecule has 0 aromatic heterocycles. The van der Waals surface area contributed by atoms with Crippen molar-refractivity contribution in [1.29, 1.82) is 0 Å². The van der Waals surface area contributed by atoms with E-state index in [0.717, 1.165) is 18.4 Å². The second-order valence-corrected chi connectivity index (χ2v) is 4.37. The first kappa shape index (κ1) is 12.1. The minimum Gasteiger partial charge on any atom is -0.394 e. The first-order valence-electron chi connectivity index (χ1n) is 5.98. The van der Waals surface area contributed by atoms with E-state index in [2.05, 4.69) is 10.6 Å². The Hall–Kier alpha value is -1.39.